The molecule has 1 aliphatic carbocycles. The highest BCUT2D eigenvalue weighted by Crippen LogP contribution is 2.47. The quantitative estimate of drug-likeness (QED) is 0.0975. The Bertz CT molecular complexity index is 700. The predicted octanol–water partition coefficient (Wildman–Crippen LogP) is 9.29. The van der Waals surface area contributed by atoms with Crippen molar-refractivity contribution in [1.82, 2.24) is 0 Å². The van der Waals surface area contributed by atoms with Crippen LogP contribution < -0.4 is 0 Å². The molecule has 0 radical (unpaired) electrons. The van der Waals surface area contributed by atoms with Gasteiger partial charge in [-0.1, -0.05) is 95.7 Å². The molecule has 0 aliphatic heterocycles. The number of hydrogen-bond donors (Lipinski definition) is 0. The van der Waals surface area contributed by atoms with Crippen molar-refractivity contribution in [2.45, 2.75) is 93.9 Å². The summed E-state index contributed by atoms with van der Waals surface area (Å²) in [6.07, 6.45) is 26.3. The monoisotopic (exact) mass is 438 g/mol. The molecule has 1 nitrogen and oxygen atoms in total. The van der Waals surface area contributed by atoms with Crippen molar-refractivity contribution in [2.24, 2.45) is 35.0 Å². The molecule has 0 spiro atoms. The largest absolute Gasteiger partial charge is 0.298 e. The van der Waals surface area contributed by atoms with E-state index in [-0.39, 0.29) is 0 Å². The molecule has 1 fully saturated rings. The lowest BCUT2D eigenvalue weighted by Gasteiger charge is -2.44. The second kappa shape index (κ2) is 14.5. The molecule has 0 saturated heterocycles. The maximum Gasteiger partial charge on any atom is 0.145 e. The van der Waals surface area contributed by atoms with Crippen LogP contribution in [0.3, 0.4) is 0 Å². The fraction of sp³-hybridized carbons (Fsp3) is 0.645. The topological polar surface area (TPSA) is 17.1 Å². The molecule has 0 heterocycles. The molecule has 32 heavy (non-hydrogen) atoms. The maximum atomic E-state index is 10.6. The van der Waals surface area contributed by atoms with Crippen molar-refractivity contribution in [2.75, 3.05) is 0 Å². The van der Waals surface area contributed by atoms with E-state index in [0.717, 1.165) is 36.5 Å². The summed E-state index contributed by atoms with van der Waals surface area (Å²) in [7, 11) is 0. The van der Waals surface area contributed by atoms with Crippen molar-refractivity contribution in [3.63, 3.8) is 0 Å². The minimum atomic E-state index is 0.422. The highest BCUT2D eigenvalue weighted by molar-refractivity contribution is 5.72. The van der Waals surface area contributed by atoms with E-state index in [4.69, 9.17) is 0 Å². The summed E-state index contributed by atoms with van der Waals surface area (Å²) >= 11 is 0. The second-order valence-corrected chi connectivity index (χ2v) is 11.3. The first-order chi connectivity index (χ1) is 15.0. The zero-order chi connectivity index (χ0) is 24.1. The Morgan fingerprint density at radius 2 is 1.78 bits per heavy atom. The van der Waals surface area contributed by atoms with E-state index in [1.165, 1.54) is 31.3 Å². The van der Waals surface area contributed by atoms with Gasteiger partial charge in [0.2, 0.25) is 0 Å². The SMILES string of the molecule is C\C(C=O)=C/C=C/C(C)=C/CCCC(C)/C=C/CC(C)/C=C/C1C(C)C[C@@H](C)CC1(C)C. The molecule has 1 aliphatic rings. The van der Waals surface area contributed by atoms with Crippen LogP contribution in [0.15, 0.2) is 59.8 Å². The first-order valence-electron chi connectivity index (χ1n) is 12.9. The normalized spacial score (nSPS) is 26.8. The summed E-state index contributed by atoms with van der Waals surface area (Å²) in [5.41, 5.74) is 2.43. The highest BCUT2D eigenvalue weighted by atomic mass is 16.1. The summed E-state index contributed by atoms with van der Waals surface area (Å²) in [5.74, 6) is 3.60. The van der Waals surface area contributed by atoms with Crippen molar-refractivity contribution in [3.05, 3.63) is 59.8 Å². The first kappa shape index (κ1) is 28.4. The van der Waals surface area contributed by atoms with Gasteiger partial charge in [-0.15, -0.1) is 0 Å². The van der Waals surface area contributed by atoms with Gasteiger partial charge in [-0.3, -0.25) is 4.79 Å². The van der Waals surface area contributed by atoms with Gasteiger partial charge in [0, 0.05) is 0 Å². The van der Waals surface area contributed by atoms with E-state index in [2.05, 4.69) is 84.9 Å². The molecule has 4 unspecified atom stereocenters. The fourth-order valence-electron chi connectivity index (χ4n) is 5.36. The van der Waals surface area contributed by atoms with Crippen molar-refractivity contribution in [1.29, 1.82) is 0 Å². The number of rotatable bonds is 12. The molecule has 0 N–H and O–H groups in total. The molecule has 0 aromatic carbocycles. The fourth-order valence-corrected chi connectivity index (χ4v) is 5.36. The van der Waals surface area contributed by atoms with E-state index in [9.17, 15) is 4.79 Å². The van der Waals surface area contributed by atoms with Gasteiger partial charge in [0.1, 0.15) is 6.29 Å². The lowest BCUT2D eigenvalue weighted by atomic mass is 9.61. The number of aldehydes is 1. The Hall–Kier alpha value is -1.63. The van der Waals surface area contributed by atoms with Crippen LogP contribution in [0.5, 0.6) is 0 Å². The minimum Gasteiger partial charge on any atom is -0.298 e. The van der Waals surface area contributed by atoms with Crippen molar-refractivity contribution >= 4 is 6.29 Å². The second-order valence-electron chi connectivity index (χ2n) is 11.3. The summed E-state index contributed by atoms with van der Waals surface area (Å²) in [4.78, 5) is 10.6. The van der Waals surface area contributed by atoms with Crippen LogP contribution in [0.25, 0.3) is 0 Å². The van der Waals surface area contributed by atoms with Crippen LogP contribution in [-0.4, -0.2) is 6.29 Å². The molecule has 5 atom stereocenters. The minimum absolute atomic E-state index is 0.422. The van der Waals surface area contributed by atoms with Crippen LogP contribution in [0, 0.1) is 35.0 Å². The van der Waals surface area contributed by atoms with Gasteiger partial charge in [0.15, 0.2) is 0 Å². The third-order valence-corrected chi connectivity index (χ3v) is 7.02. The van der Waals surface area contributed by atoms with Gasteiger partial charge >= 0.3 is 0 Å². The van der Waals surface area contributed by atoms with Gasteiger partial charge in [-0.05, 0) is 93.0 Å². The van der Waals surface area contributed by atoms with E-state index in [1.54, 1.807) is 0 Å². The average molecular weight is 439 g/mol. The Kier molecular flexibility index (Phi) is 12.9. The average Bonchev–Trinajstić information content (AvgIpc) is 2.69. The first-order valence-corrected chi connectivity index (χ1v) is 12.9. The molecule has 0 aromatic heterocycles. The van der Waals surface area contributed by atoms with Gasteiger partial charge in [0.25, 0.3) is 0 Å². The number of unbranched alkanes of at least 4 members (excludes halogenated alkanes) is 1. The lowest BCUT2D eigenvalue weighted by molar-refractivity contribution is -0.104. The number of carbonyl (C=O) groups is 1. The maximum absolute atomic E-state index is 10.6. The summed E-state index contributed by atoms with van der Waals surface area (Å²) < 4.78 is 0. The number of allylic oxidation sites excluding steroid dienone is 10. The van der Waals surface area contributed by atoms with Gasteiger partial charge < -0.3 is 0 Å². The Morgan fingerprint density at radius 1 is 1.06 bits per heavy atom. The van der Waals surface area contributed by atoms with Crippen molar-refractivity contribution in [3.8, 4) is 0 Å². The van der Waals surface area contributed by atoms with Crippen LogP contribution in [-0.2, 0) is 4.79 Å². The number of carbonyl (C=O) groups excluding carboxylic acids is 1. The molecular formula is C31H50O. The van der Waals surface area contributed by atoms with E-state index in [1.807, 2.05) is 19.1 Å². The summed E-state index contributed by atoms with van der Waals surface area (Å²) in [6, 6.07) is 0. The molecular weight excluding hydrogens is 388 g/mol. The number of hydrogen-bond acceptors (Lipinski definition) is 1. The van der Waals surface area contributed by atoms with E-state index in [0.29, 0.717) is 23.2 Å². The van der Waals surface area contributed by atoms with E-state index >= 15 is 0 Å². The molecule has 0 amide bonds. The van der Waals surface area contributed by atoms with Crippen LogP contribution in [0.4, 0.5) is 0 Å². The van der Waals surface area contributed by atoms with Crippen LogP contribution in [0.2, 0.25) is 0 Å². The van der Waals surface area contributed by atoms with Gasteiger partial charge in [-0.25, -0.2) is 0 Å². The van der Waals surface area contributed by atoms with Gasteiger partial charge in [0.05, 0.1) is 0 Å². The van der Waals surface area contributed by atoms with Gasteiger partial charge in [-0.2, -0.15) is 0 Å². The molecule has 0 bridgehead atoms. The molecule has 180 valence electrons. The molecule has 1 heteroatoms. The standard InChI is InChI=1S/C31H50O/c1-24(13-9-10-14-25(2)16-12-18-27(4)23-32)15-11-17-26(3)19-20-30-29(6)21-28(5)22-31(30,7)8/h11-12,14-16,18-20,23-24,26,28-30H,9-10,13,17,21-22H2,1-8H3/b15-11+,16-12+,20-19+,25-14+,27-18+/t24?,26?,28-,29?,30?/m1/s1. The Balaban J connectivity index is 2.35. The summed E-state index contributed by atoms with van der Waals surface area (Å²) in [6.45, 7) is 18.4. The van der Waals surface area contributed by atoms with Crippen LogP contribution >= 0.6 is 0 Å². The van der Waals surface area contributed by atoms with Crippen molar-refractivity contribution < 1.29 is 4.79 Å². The predicted molar refractivity (Wildman–Crippen MR) is 143 cm³/mol. The highest BCUT2D eigenvalue weighted by Gasteiger charge is 2.37. The van der Waals surface area contributed by atoms with Crippen LogP contribution in [0.1, 0.15) is 93.9 Å². The molecule has 1 saturated carbocycles. The third kappa shape index (κ3) is 11.3. The Labute approximate surface area is 199 Å². The zero-order valence-corrected chi connectivity index (χ0v) is 22.2. The third-order valence-electron chi connectivity index (χ3n) is 7.02. The van der Waals surface area contributed by atoms with E-state index < -0.39 is 0 Å². The smallest absolute Gasteiger partial charge is 0.145 e. The lowest BCUT2D eigenvalue weighted by Crippen LogP contribution is -2.35. The zero-order valence-electron chi connectivity index (χ0n) is 22.2. The Morgan fingerprint density at radius 3 is 2.44 bits per heavy atom. The molecule has 1 rings (SSSR count). The summed E-state index contributed by atoms with van der Waals surface area (Å²) in [5, 5.41) is 0. The molecule has 0 aromatic rings.